The molecule has 21 heavy (non-hydrogen) atoms. The highest BCUT2D eigenvalue weighted by molar-refractivity contribution is 7.36. The summed E-state index contributed by atoms with van der Waals surface area (Å²) in [5.41, 5.74) is 0. The smallest absolute Gasteiger partial charge is 0.260 e. The van der Waals surface area contributed by atoms with Crippen LogP contribution in [-0.4, -0.2) is 49.7 Å². The molecular formula is C15H33N2O3P. The molecular weight excluding hydrogens is 287 g/mol. The molecule has 1 N–H and O–H groups in total. The van der Waals surface area contributed by atoms with Crippen molar-refractivity contribution >= 4 is 8.18 Å². The summed E-state index contributed by atoms with van der Waals surface area (Å²) in [5, 5.41) is 3.61. The molecule has 5 unspecified atom stereocenters. The molecule has 0 spiro atoms. The van der Waals surface area contributed by atoms with Gasteiger partial charge in [0, 0.05) is 12.6 Å². The first-order valence-electron chi connectivity index (χ1n) is 7.99. The number of morpholine rings is 1. The Bertz CT molecular complexity index is 337. The van der Waals surface area contributed by atoms with Crippen LogP contribution in [0.1, 0.15) is 41.0 Å². The SMILES string of the molecule is CC(CC1NCC(C(C)C)OC1C(C)C)O[PH](=O)N(C)C. The van der Waals surface area contributed by atoms with Gasteiger partial charge < -0.3 is 14.6 Å². The average molecular weight is 320 g/mol. The van der Waals surface area contributed by atoms with Gasteiger partial charge in [-0.2, -0.15) is 0 Å². The molecule has 0 saturated carbocycles. The molecule has 1 aliphatic heterocycles. The van der Waals surface area contributed by atoms with Gasteiger partial charge in [0.25, 0.3) is 8.18 Å². The lowest BCUT2D eigenvalue weighted by Gasteiger charge is -2.42. The molecule has 1 rings (SSSR count). The van der Waals surface area contributed by atoms with Crippen molar-refractivity contribution in [2.24, 2.45) is 11.8 Å². The van der Waals surface area contributed by atoms with Gasteiger partial charge in [-0.1, -0.05) is 27.7 Å². The highest BCUT2D eigenvalue weighted by atomic mass is 31.1. The molecule has 0 aromatic heterocycles. The zero-order valence-corrected chi connectivity index (χ0v) is 15.6. The van der Waals surface area contributed by atoms with Crippen LogP contribution in [0.4, 0.5) is 0 Å². The molecule has 5 atom stereocenters. The van der Waals surface area contributed by atoms with E-state index in [2.05, 4.69) is 33.0 Å². The lowest BCUT2D eigenvalue weighted by atomic mass is 9.91. The zero-order chi connectivity index (χ0) is 16.2. The first-order valence-corrected chi connectivity index (χ1v) is 9.25. The van der Waals surface area contributed by atoms with Crippen LogP contribution in [0.25, 0.3) is 0 Å². The molecule has 126 valence electrons. The van der Waals surface area contributed by atoms with Crippen LogP contribution in [0.3, 0.4) is 0 Å². The van der Waals surface area contributed by atoms with Crippen molar-refractivity contribution in [3.05, 3.63) is 0 Å². The monoisotopic (exact) mass is 320 g/mol. The number of nitrogens with zero attached hydrogens (tertiary/aromatic N) is 1. The lowest BCUT2D eigenvalue weighted by Crippen LogP contribution is -2.56. The molecule has 0 radical (unpaired) electrons. The van der Waals surface area contributed by atoms with Crippen LogP contribution in [0.2, 0.25) is 0 Å². The van der Waals surface area contributed by atoms with E-state index < -0.39 is 8.18 Å². The van der Waals surface area contributed by atoms with Crippen molar-refractivity contribution in [2.45, 2.75) is 65.4 Å². The van der Waals surface area contributed by atoms with Gasteiger partial charge in [0.15, 0.2) is 0 Å². The molecule has 0 aromatic rings. The van der Waals surface area contributed by atoms with Gasteiger partial charge >= 0.3 is 0 Å². The summed E-state index contributed by atoms with van der Waals surface area (Å²) in [6.07, 6.45) is 1.22. The first-order chi connectivity index (χ1) is 9.72. The van der Waals surface area contributed by atoms with Crippen LogP contribution in [0.15, 0.2) is 0 Å². The van der Waals surface area contributed by atoms with E-state index in [4.69, 9.17) is 9.26 Å². The Hall–Kier alpha value is 0.0700. The summed E-state index contributed by atoms with van der Waals surface area (Å²) in [6.45, 7) is 11.6. The number of ether oxygens (including phenoxy) is 1. The Labute approximate surface area is 130 Å². The second-order valence-electron chi connectivity index (χ2n) is 6.97. The van der Waals surface area contributed by atoms with Crippen molar-refractivity contribution in [1.29, 1.82) is 0 Å². The van der Waals surface area contributed by atoms with Crippen molar-refractivity contribution in [2.75, 3.05) is 20.6 Å². The Morgan fingerprint density at radius 3 is 2.33 bits per heavy atom. The van der Waals surface area contributed by atoms with Gasteiger partial charge in [0.1, 0.15) is 0 Å². The van der Waals surface area contributed by atoms with Crippen LogP contribution in [0.5, 0.6) is 0 Å². The van der Waals surface area contributed by atoms with Crippen molar-refractivity contribution in [1.82, 2.24) is 9.99 Å². The molecule has 5 nitrogen and oxygen atoms in total. The minimum absolute atomic E-state index is 0.0447. The predicted octanol–water partition coefficient (Wildman–Crippen LogP) is 2.77. The third-order valence-corrected chi connectivity index (χ3v) is 5.30. The average Bonchev–Trinajstić information content (AvgIpc) is 2.38. The van der Waals surface area contributed by atoms with Crippen LogP contribution in [-0.2, 0) is 13.8 Å². The fourth-order valence-electron chi connectivity index (χ4n) is 2.64. The molecule has 0 bridgehead atoms. The first kappa shape index (κ1) is 19.1. The Balaban J connectivity index is 2.58. The van der Waals surface area contributed by atoms with E-state index in [1.807, 2.05) is 6.92 Å². The Morgan fingerprint density at radius 1 is 1.24 bits per heavy atom. The highest BCUT2D eigenvalue weighted by Crippen LogP contribution is 2.30. The van der Waals surface area contributed by atoms with Gasteiger partial charge in [-0.25, -0.2) is 4.67 Å². The molecule has 0 amide bonds. The summed E-state index contributed by atoms with van der Waals surface area (Å²) in [6, 6.07) is 0.256. The quantitative estimate of drug-likeness (QED) is 0.731. The zero-order valence-electron chi connectivity index (χ0n) is 14.6. The molecule has 1 heterocycles. The van der Waals surface area contributed by atoms with E-state index in [9.17, 15) is 4.57 Å². The second-order valence-corrected chi connectivity index (χ2v) is 8.63. The highest BCUT2D eigenvalue weighted by Gasteiger charge is 2.35. The third kappa shape index (κ3) is 5.99. The topological polar surface area (TPSA) is 50.8 Å². The summed E-state index contributed by atoms with van der Waals surface area (Å²) < 4.78 is 25.3. The van der Waals surface area contributed by atoms with Crippen molar-refractivity contribution in [3.63, 3.8) is 0 Å². The van der Waals surface area contributed by atoms with E-state index in [1.54, 1.807) is 18.8 Å². The number of hydrogen-bond acceptors (Lipinski definition) is 4. The van der Waals surface area contributed by atoms with Crippen LogP contribution >= 0.6 is 8.18 Å². The van der Waals surface area contributed by atoms with E-state index in [0.29, 0.717) is 11.8 Å². The summed E-state index contributed by atoms with van der Waals surface area (Å²) in [5.74, 6) is 0.959. The van der Waals surface area contributed by atoms with E-state index in [-0.39, 0.29) is 24.4 Å². The van der Waals surface area contributed by atoms with E-state index >= 15 is 0 Å². The number of nitrogens with one attached hydrogen (secondary N) is 1. The predicted molar refractivity (Wildman–Crippen MR) is 88.0 cm³/mol. The number of rotatable bonds is 7. The normalized spacial score (nSPS) is 30.1. The van der Waals surface area contributed by atoms with Crippen LogP contribution in [0, 0.1) is 11.8 Å². The maximum atomic E-state index is 11.8. The third-order valence-electron chi connectivity index (χ3n) is 3.96. The van der Waals surface area contributed by atoms with Crippen LogP contribution < -0.4 is 5.32 Å². The Kier molecular flexibility index (Phi) is 7.86. The summed E-state index contributed by atoms with van der Waals surface area (Å²) in [4.78, 5) is 0. The largest absolute Gasteiger partial charge is 0.372 e. The standard InChI is InChI=1S/C15H33N2O3P/c1-10(2)14-9-16-13(15(19-14)11(3)4)8-12(5)20-21(18)17(6)7/h10-16,21H,8-9H2,1-7H3. The molecule has 6 heteroatoms. The second kappa shape index (κ2) is 8.64. The molecule has 1 fully saturated rings. The minimum Gasteiger partial charge on any atom is -0.372 e. The molecule has 1 aliphatic rings. The summed E-state index contributed by atoms with van der Waals surface area (Å²) in [7, 11) is 1.45. The van der Waals surface area contributed by atoms with Crippen molar-refractivity contribution in [3.8, 4) is 0 Å². The maximum absolute atomic E-state index is 11.8. The molecule has 1 saturated heterocycles. The van der Waals surface area contributed by atoms with E-state index in [1.165, 1.54) is 0 Å². The van der Waals surface area contributed by atoms with Gasteiger partial charge in [0.2, 0.25) is 0 Å². The summed E-state index contributed by atoms with van der Waals surface area (Å²) >= 11 is 0. The van der Waals surface area contributed by atoms with Gasteiger partial charge in [-0.3, -0.25) is 4.57 Å². The maximum Gasteiger partial charge on any atom is 0.260 e. The fraction of sp³-hybridized carbons (Fsp3) is 1.00. The lowest BCUT2D eigenvalue weighted by molar-refractivity contribution is -0.106. The Morgan fingerprint density at radius 2 is 1.86 bits per heavy atom. The van der Waals surface area contributed by atoms with Gasteiger partial charge in [-0.05, 0) is 39.3 Å². The minimum atomic E-state index is -2.10. The molecule has 0 aliphatic carbocycles. The molecule has 0 aromatic carbocycles. The number of hydrogen-bond donors (Lipinski definition) is 1. The van der Waals surface area contributed by atoms with E-state index in [0.717, 1.165) is 13.0 Å². The fourth-order valence-corrected chi connectivity index (χ4v) is 3.29. The van der Waals surface area contributed by atoms with Crippen molar-refractivity contribution < 1.29 is 13.8 Å². The van der Waals surface area contributed by atoms with Gasteiger partial charge in [0.05, 0.1) is 18.3 Å². The van der Waals surface area contributed by atoms with Gasteiger partial charge in [-0.15, -0.1) is 0 Å².